The van der Waals surface area contributed by atoms with Crippen molar-refractivity contribution in [1.82, 2.24) is 10.3 Å². The molecule has 0 aromatic carbocycles. The number of rotatable bonds is 2. The van der Waals surface area contributed by atoms with Crippen molar-refractivity contribution in [2.45, 2.75) is 51.6 Å². The molecule has 1 aromatic heterocycles. The van der Waals surface area contributed by atoms with Gasteiger partial charge in [-0.2, -0.15) is 0 Å². The van der Waals surface area contributed by atoms with Crippen LogP contribution in [0, 0.1) is 12.8 Å². The van der Waals surface area contributed by atoms with Crippen molar-refractivity contribution in [2.24, 2.45) is 10.9 Å². The van der Waals surface area contributed by atoms with Crippen molar-refractivity contribution in [3.05, 3.63) is 16.1 Å². The maximum atomic E-state index is 4.72. The highest BCUT2D eigenvalue weighted by atomic mass is 32.2. The Balaban J connectivity index is 1.62. The van der Waals surface area contributed by atoms with Crippen molar-refractivity contribution >= 4 is 28.3 Å². The average Bonchev–Trinajstić information content (AvgIpc) is 2.94. The lowest BCUT2D eigenvalue weighted by Gasteiger charge is -2.36. The first-order valence-corrected chi connectivity index (χ1v) is 8.82. The van der Waals surface area contributed by atoms with Gasteiger partial charge in [-0.3, -0.25) is 4.99 Å². The monoisotopic (exact) mass is 295 g/mol. The van der Waals surface area contributed by atoms with Crippen LogP contribution in [0.25, 0.3) is 0 Å². The molecule has 5 heteroatoms. The highest BCUT2D eigenvalue weighted by Gasteiger charge is 2.40. The molecule has 1 saturated carbocycles. The first-order valence-electron chi connectivity index (χ1n) is 7.02. The summed E-state index contributed by atoms with van der Waals surface area (Å²) < 4.78 is 0. The van der Waals surface area contributed by atoms with E-state index in [1.54, 1.807) is 11.3 Å². The van der Waals surface area contributed by atoms with E-state index in [0.717, 1.165) is 22.6 Å². The van der Waals surface area contributed by atoms with Gasteiger partial charge in [0.2, 0.25) is 0 Å². The maximum Gasteiger partial charge on any atom is 0.157 e. The van der Waals surface area contributed by atoms with E-state index < -0.39 is 0 Å². The van der Waals surface area contributed by atoms with Gasteiger partial charge in [0.15, 0.2) is 5.17 Å². The van der Waals surface area contributed by atoms with Crippen molar-refractivity contribution in [3.63, 3.8) is 0 Å². The number of hydrogen-bond acceptors (Lipinski definition) is 4. The number of nitrogens with zero attached hydrogens (tertiary/aromatic N) is 2. The molecular weight excluding hydrogens is 274 g/mol. The fourth-order valence-corrected chi connectivity index (χ4v) is 5.03. The van der Waals surface area contributed by atoms with E-state index in [0.29, 0.717) is 5.54 Å². The number of hydrogen-bond donors (Lipinski definition) is 1. The Morgan fingerprint density at radius 2 is 2.47 bits per heavy atom. The molecule has 3 rings (SSSR count). The third-order valence-electron chi connectivity index (χ3n) is 4.00. The Morgan fingerprint density at radius 1 is 1.58 bits per heavy atom. The van der Waals surface area contributed by atoms with E-state index in [2.05, 4.69) is 17.2 Å². The normalized spacial score (nSPS) is 32.9. The number of aliphatic imine (C=N–C) groups is 1. The van der Waals surface area contributed by atoms with Crippen LogP contribution in [-0.2, 0) is 6.54 Å². The van der Waals surface area contributed by atoms with Crippen LogP contribution in [0.5, 0.6) is 0 Å². The largest absolute Gasteiger partial charge is 0.359 e. The molecule has 0 amide bonds. The van der Waals surface area contributed by atoms with Crippen LogP contribution in [0.1, 0.15) is 42.5 Å². The van der Waals surface area contributed by atoms with E-state index in [9.17, 15) is 0 Å². The van der Waals surface area contributed by atoms with Gasteiger partial charge in [0, 0.05) is 22.4 Å². The third kappa shape index (κ3) is 3.14. The molecule has 2 heterocycles. The van der Waals surface area contributed by atoms with Gasteiger partial charge in [-0.25, -0.2) is 4.98 Å². The number of aromatic nitrogens is 1. The third-order valence-corrected chi connectivity index (χ3v) is 6.10. The minimum absolute atomic E-state index is 0.338. The Kier molecular flexibility index (Phi) is 3.85. The van der Waals surface area contributed by atoms with Crippen LogP contribution in [-0.4, -0.2) is 21.4 Å². The molecule has 1 spiro atoms. The van der Waals surface area contributed by atoms with E-state index >= 15 is 0 Å². The molecule has 0 bridgehead atoms. The van der Waals surface area contributed by atoms with Crippen LogP contribution in [0.2, 0.25) is 0 Å². The first kappa shape index (κ1) is 13.4. The predicted molar refractivity (Wildman–Crippen MR) is 83.9 cm³/mol. The molecule has 19 heavy (non-hydrogen) atoms. The number of nitrogens with one attached hydrogen (secondary N) is 1. The summed E-state index contributed by atoms with van der Waals surface area (Å²) in [6.07, 6.45) is 7.31. The highest BCUT2D eigenvalue weighted by molar-refractivity contribution is 8.14. The zero-order valence-electron chi connectivity index (χ0n) is 11.6. The second-order valence-electron chi connectivity index (χ2n) is 5.86. The van der Waals surface area contributed by atoms with E-state index in [1.807, 2.05) is 24.9 Å². The maximum absolute atomic E-state index is 4.72. The van der Waals surface area contributed by atoms with Gasteiger partial charge < -0.3 is 5.32 Å². The van der Waals surface area contributed by atoms with Crippen LogP contribution >= 0.6 is 23.1 Å². The van der Waals surface area contributed by atoms with Gasteiger partial charge in [-0.05, 0) is 25.7 Å². The number of aryl methyl sites for hydroxylation is 1. The van der Waals surface area contributed by atoms with Crippen molar-refractivity contribution in [1.29, 1.82) is 0 Å². The molecule has 104 valence electrons. The van der Waals surface area contributed by atoms with Gasteiger partial charge in [-0.15, -0.1) is 11.3 Å². The van der Waals surface area contributed by atoms with E-state index in [-0.39, 0.29) is 0 Å². The molecule has 0 radical (unpaired) electrons. The molecule has 1 N–H and O–H groups in total. The lowest BCUT2D eigenvalue weighted by Crippen LogP contribution is -2.47. The summed E-state index contributed by atoms with van der Waals surface area (Å²) >= 11 is 3.64. The van der Waals surface area contributed by atoms with E-state index in [4.69, 9.17) is 4.99 Å². The lowest BCUT2D eigenvalue weighted by molar-refractivity contribution is 0.242. The Bertz CT molecular complexity index is 483. The van der Waals surface area contributed by atoms with Crippen molar-refractivity contribution in [3.8, 4) is 0 Å². The standard InChI is InChI=1S/C14H21N3S2/c1-10-4-3-5-14(6-10)9-18-13(17-14)16-8-12-7-15-11(2)19-12/h7,10H,3-6,8-9H2,1-2H3,(H,16,17). The fraction of sp³-hybridized carbons (Fsp3) is 0.714. The summed E-state index contributed by atoms with van der Waals surface area (Å²) in [4.78, 5) is 10.3. The molecule has 1 saturated heterocycles. The van der Waals surface area contributed by atoms with Gasteiger partial charge in [0.25, 0.3) is 0 Å². The van der Waals surface area contributed by atoms with Gasteiger partial charge in [0.05, 0.1) is 11.6 Å². The summed E-state index contributed by atoms with van der Waals surface area (Å²) in [7, 11) is 0. The van der Waals surface area contributed by atoms with Gasteiger partial charge in [-0.1, -0.05) is 31.5 Å². The van der Waals surface area contributed by atoms with Crippen LogP contribution in [0.15, 0.2) is 11.2 Å². The Morgan fingerprint density at radius 3 is 3.21 bits per heavy atom. The van der Waals surface area contributed by atoms with Crippen LogP contribution in [0.3, 0.4) is 0 Å². The Hall–Kier alpha value is -0.550. The number of amidine groups is 1. The number of thiazole rings is 1. The highest BCUT2D eigenvalue weighted by Crippen LogP contribution is 2.38. The summed E-state index contributed by atoms with van der Waals surface area (Å²) in [6.45, 7) is 5.19. The molecule has 1 aromatic rings. The summed E-state index contributed by atoms with van der Waals surface area (Å²) in [6, 6.07) is 0. The van der Waals surface area contributed by atoms with Gasteiger partial charge in [0.1, 0.15) is 0 Å². The molecule has 1 aliphatic heterocycles. The Labute approximate surface area is 123 Å². The minimum atomic E-state index is 0.338. The van der Waals surface area contributed by atoms with E-state index in [1.165, 1.54) is 36.3 Å². The second-order valence-corrected chi connectivity index (χ2v) is 8.15. The van der Waals surface area contributed by atoms with Gasteiger partial charge >= 0.3 is 0 Å². The number of thioether (sulfide) groups is 1. The molecule has 2 atom stereocenters. The molecule has 3 nitrogen and oxygen atoms in total. The zero-order valence-corrected chi connectivity index (χ0v) is 13.2. The summed E-state index contributed by atoms with van der Waals surface area (Å²) in [5.74, 6) is 2.04. The summed E-state index contributed by atoms with van der Waals surface area (Å²) in [5, 5.41) is 5.97. The molecule has 2 fully saturated rings. The second kappa shape index (κ2) is 5.44. The predicted octanol–water partition coefficient (Wildman–Crippen LogP) is 3.59. The quantitative estimate of drug-likeness (QED) is 0.906. The first-order chi connectivity index (χ1) is 9.15. The molecule has 2 unspecified atom stereocenters. The molecular formula is C14H21N3S2. The average molecular weight is 295 g/mol. The lowest BCUT2D eigenvalue weighted by atomic mass is 9.78. The SMILES string of the molecule is Cc1ncc(CN=C2NC3(CCCC(C)C3)CS2)s1. The smallest absolute Gasteiger partial charge is 0.157 e. The van der Waals surface area contributed by atoms with Crippen molar-refractivity contribution in [2.75, 3.05) is 5.75 Å². The zero-order chi connectivity index (χ0) is 13.3. The summed E-state index contributed by atoms with van der Waals surface area (Å²) in [5.41, 5.74) is 0.338. The van der Waals surface area contributed by atoms with Crippen LogP contribution < -0.4 is 5.32 Å². The topological polar surface area (TPSA) is 37.3 Å². The van der Waals surface area contributed by atoms with Crippen LogP contribution in [0.4, 0.5) is 0 Å². The molecule has 1 aliphatic carbocycles. The fourth-order valence-electron chi connectivity index (χ4n) is 3.12. The molecule has 2 aliphatic rings. The van der Waals surface area contributed by atoms with Crippen molar-refractivity contribution < 1.29 is 0 Å². The minimum Gasteiger partial charge on any atom is -0.359 e.